The van der Waals surface area contributed by atoms with Crippen molar-refractivity contribution in [2.45, 2.75) is 62.0 Å². The van der Waals surface area contributed by atoms with E-state index in [0.29, 0.717) is 18.4 Å². The van der Waals surface area contributed by atoms with Crippen molar-refractivity contribution in [1.82, 2.24) is 9.29 Å². The molecule has 2 aromatic carbocycles. The molecule has 5 rings (SSSR count). The summed E-state index contributed by atoms with van der Waals surface area (Å²) in [5, 5.41) is 9.18. The summed E-state index contributed by atoms with van der Waals surface area (Å²) in [7, 11) is -3.82. The summed E-state index contributed by atoms with van der Waals surface area (Å²) in [5.41, 5.74) is -0.625. The van der Waals surface area contributed by atoms with E-state index in [4.69, 9.17) is 4.42 Å². The Morgan fingerprint density at radius 3 is 2.49 bits per heavy atom. The van der Waals surface area contributed by atoms with Crippen molar-refractivity contribution < 1.29 is 26.7 Å². The molecule has 7 nitrogen and oxygen atoms in total. The molecule has 2 heterocycles. The summed E-state index contributed by atoms with van der Waals surface area (Å²) in [6.07, 6.45) is 1.73. The highest BCUT2D eigenvalue weighted by molar-refractivity contribution is 7.89. The van der Waals surface area contributed by atoms with E-state index in [1.165, 1.54) is 10.5 Å². The van der Waals surface area contributed by atoms with Crippen molar-refractivity contribution in [3.63, 3.8) is 0 Å². The normalized spacial score (nSPS) is 28.5. The van der Waals surface area contributed by atoms with Crippen molar-refractivity contribution in [3.8, 4) is 0 Å². The monoisotopic (exact) mass is 504 g/mol. The molecule has 3 aromatic rings. The smallest absolute Gasteiger partial charge is 0.412 e. The first kappa shape index (κ1) is 23.9. The molecule has 2 fully saturated rings. The number of hydrogen-bond acceptors (Lipinski definition) is 5. The third kappa shape index (κ3) is 4.03. The van der Waals surface area contributed by atoms with Gasteiger partial charge in [0.25, 0.3) is 0 Å². The SMILES string of the molecule is CC1CCC(c2ccccc2)S(=O)(=O)N1Cc1cc(F)c(C2(c3c[nH]c(=O)o3)CC(O)C2)cc1F. The summed E-state index contributed by atoms with van der Waals surface area (Å²) in [6.45, 7) is 1.46. The predicted molar refractivity (Wildman–Crippen MR) is 124 cm³/mol. The maximum absolute atomic E-state index is 15.4. The highest BCUT2D eigenvalue weighted by atomic mass is 32.2. The van der Waals surface area contributed by atoms with E-state index in [0.717, 1.165) is 12.1 Å². The summed E-state index contributed by atoms with van der Waals surface area (Å²) in [4.78, 5) is 13.9. The van der Waals surface area contributed by atoms with Crippen molar-refractivity contribution >= 4 is 10.0 Å². The Kier molecular flexibility index (Phi) is 5.93. The standard InChI is InChI=1S/C25H26F2N2O5S/c1-15-7-8-22(16-5-3-2-4-6-16)35(32,33)29(15)14-17-9-21(27)19(10-20(17)26)25(11-18(30)12-25)23-13-28-24(31)34-23/h2-6,9-10,13,15,18,22,30H,7-8,11-12,14H2,1H3,(H,28,31). The second-order valence-electron chi connectivity index (χ2n) is 9.53. The van der Waals surface area contributed by atoms with Crippen LogP contribution in [0.5, 0.6) is 0 Å². The van der Waals surface area contributed by atoms with Gasteiger partial charge in [-0.15, -0.1) is 0 Å². The fraction of sp³-hybridized carbons (Fsp3) is 0.400. The lowest BCUT2D eigenvalue weighted by molar-refractivity contribution is 0.0253. The molecular formula is C25H26F2N2O5S. The van der Waals surface area contributed by atoms with E-state index in [1.807, 2.05) is 6.07 Å². The number of oxazole rings is 1. The third-order valence-electron chi connectivity index (χ3n) is 7.34. The van der Waals surface area contributed by atoms with Gasteiger partial charge < -0.3 is 9.52 Å². The van der Waals surface area contributed by atoms with E-state index >= 15 is 8.78 Å². The number of nitrogens with zero attached hydrogens (tertiary/aromatic N) is 1. The minimum atomic E-state index is -3.82. The number of halogens is 2. The van der Waals surface area contributed by atoms with Gasteiger partial charge in [-0.05, 0) is 50.3 Å². The van der Waals surface area contributed by atoms with Crippen LogP contribution in [0.4, 0.5) is 8.78 Å². The highest BCUT2D eigenvalue weighted by Gasteiger charge is 2.51. The lowest BCUT2D eigenvalue weighted by Gasteiger charge is -2.44. The van der Waals surface area contributed by atoms with E-state index < -0.39 is 44.2 Å². The van der Waals surface area contributed by atoms with E-state index in [-0.39, 0.29) is 42.3 Å². The Morgan fingerprint density at radius 2 is 1.86 bits per heavy atom. The minimum absolute atomic E-state index is 0.0384. The number of aliphatic hydroxyl groups excluding tert-OH is 1. The molecule has 2 atom stereocenters. The first-order chi connectivity index (χ1) is 16.6. The molecule has 2 aliphatic rings. The first-order valence-corrected chi connectivity index (χ1v) is 13.0. The minimum Gasteiger partial charge on any atom is -0.412 e. The topological polar surface area (TPSA) is 104 Å². The van der Waals surface area contributed by atoms with Crippen molar-refractivity contribution in [2.75, 3.05) is 0 Å². The molecule has 0 amide bonds. The molecule has 35 heavy (non-hydrogen) atoms. The average Bonchev–Trinajstić information content (AvgIpc) is 3.23. The van der Waals surface area contributed by atoms with Crippen LogP contribution in [0.3, 0.4) is 0 Å². The Morgan fingerprint density at radius 1 is 1.14 bits per heavy atom. The fourth-order valence-electron chi connectivity index (χ4n) is 5.41. The van der Waals surface area contributed by atoms with Crippen molar-refractivity contribution in [1.29, 1.82) is 0 Å². The van der Waals surface area contributed by atoms with Gasteiger partial charge in [-0.2, -0.15) is 4.31 Å². The van der Waals surface area contributed by atoms with Gasteiger partial charge in [-0.1, -0.05) is 30.3 Å². The largest absolute Gasteiger partial charge is 0.416 e. The van der Waals surface area contributed by atoms with Gasteiger partial charge >= 0.3 is 5.76 Å². The summed E-state index contributed by atoms with van der Waals surface area (Å²) in [6, 6.07) is 10.6. The molecule has 1 aliphatic carbocycles. The van der Waals surface area contributed by atoms with Crippen molar-refractivity contribution in [3.05, 3.63) is 93.3 Å². The Balaban J connectivity index is 1.48. The Labute approximate surface area is 201 Å². The zero-order valence-corrected chi connectivity index (χ0v) is 19.9. The van der Waals surface area contributed by atoms with Gasteiger partial charge in [0.2, 0.25) is 10.0 Å². The predicted octanol–water partition coefficient (Wildman–Crippen LogP) is 3.74. The number of sulfonamides is 1. The molecule has 2 unspecified atom stereocenters. The van der Waals surface area contributed by atoms with Gasteiger partial charge in [-0.25, -0.2) is 22.0 Å². The second-order valence-corrected chi connectivity index (χ2v) is 11.6. The van der Waals surface area contributed by atoms with Crippen molar-refractivity contribution in [2.24, 2.45) is 0 Å². The van der Waals surface area contributed by atoms with Crippen LogP contribution in [-0.4, -0.2) is 35.0 Å². The quantitative estimate of drug-likeness (QED) is 0.551. The molecule has 2 N–H and O–H groups in total. The van der Waals surface area contributed by atoms with Crippen LogP contribution in [0.15, 0.2) is 57.9 Å². The molecule has 186 valence electrons. The van der Waals surface area contributed by atoms with E-state index in [1.54, 1.807) is 31.2 Å². The summed E-state index contributed by atoms with van der Waals surface area (Å²) in [5.74, 6) is -2.12. The maximum Gasteiger partial charge on any atom is 0.416 e. The lowest BCUT2D eigenvalue weighted by atomic mass is 9.61. The Hall–Kier alpha value is -2.82. The molecule has 1 saturated heterocycles. The van der Waals surface area contributed by atoms with E-state index in [2.05, 4.69) is 4.98 Å². The van der Waals surface area contributed by atoms with Gasteiger partial charge in [0.15, 0.2) is 0 Å². The average molecular weight is 505 g/mol. The third-order valence-corrected chi connectivity index (χ3v) is 9.71. The van der Waals surface area contributed by atoms with Gasteiger partial charge in [0, 0.05) is 29.9 Å². The first-order valence-electron chi connectivity index (χ1n) is 11.5. The summed E-state index contributed by atoms with van der Waals surface area (Å²) < 4.78 is 64.1. The molecule has 1 aromatic heterocycles. The van der Waals surface area contributed by atoms with E-state index in [9.17, 15) is 18.3 Å². The molecular weight excluding hydrogens is 478 g/mol. The second kappa shape index (κ2) is 8.69. The number of aromatic nitrogens is 1. The molecule has 0 spiro atoms. The van der Waals surface area contributed by atoms with Crippen LogP contribution in [0, 0.1) is 11.6 Å². The number of benzene rings is 2. The zero-order chi connectivity index (χ0) is 25.0. The van der Waals surface area contributed by atoms with Crippen LogP contribution in [0.1, 0.15) is 60.3 Å². The zero-order valence-electron chi connectivity index (χ0n) is 19.1. The van der Waals surface area contributed by atoms with Crippen LogP contribution >= 0.6 is 0 Å². The van der Waals surface area contributed by atoms with Crippen LogP contribution in [0.2, 0.25) is 0 Å². The molecule has 1 saturated carbocycles. The van der Waals surface area contributed by atoms with Gasteiger partial charge in [0.05, 0.1) is 11.5 Å². The highest BCUT2D eigenvalue weighted by Crippen LogP contribution is 2.50. The number of H-pyrrole nitrogens is 1. The lowest BCUT2D eigenvalue weighted by Crippen LogP contribution is -2.46. The summed E-state index contributed by atoms with van der Waals surface area (Å²) >= 11 is 0. The number of hydrogen-bond donors (Lipinski definition) is 2. The molecule has 10 heteroatoms. The Bertz CT molecular complexity index is 1400. The molecule has 1 aliphatic heterocycles. The number of rotatable bonds is 5. The van der Waals surface area contributed by atoms with Crippen LogP contribution < -0.4 is 5.76 Å². The number of aromatic amines is 1. The maximum atomic E-state index is 15.4. The van der Waals surface area contributed by atoms with Crippen LogP contribution in [-0.2, 0) is 22.0 Å². The number of nitrogens with one attached hydrogen (secondary N) is 1. The molecule has 0 bridgehead atoms. The number of aliphatic hydroxyl groups is 1. The van der Waals surface area contributed by atoms with Gasteiger partial charge in [-0.3, -0.25) is 4.98 Å². The fourth-order valence-corrected chi connectivity index (χ4v) is 7.60. The van der Waals surface area contributed by atoms with Crippen LogP contribution in [0.25, 0.3) is 0 Å². The molecule has 0 radical (unpaired) electrons. The van der Waals surface area contributed by atoms with Gasteiger partial charge in [0.1, 0.15) is 22.6 Å².